The molecule has 1 atom stereocenters. The van der Waals surface area contributed by atoms with Gasteiger partial charge in [-0.3, -0.25) is 19.6 Å². The van der Waals surface area contributed by atoms with Gasteiger partial charge in [0.2, 0.25) is 0 Å². The van der Waals surface area contributed by atoms with Gasteiger partial charge in [0.25, 0.3) is 5.91 Å². The fourth-order valence-electron chi connectivity index (χ4n) is 2.90. The molecule has 3 amide bonds. The average molecular weight is 370 g/mol. The van der Waals surface area contributed by atoms with Gasteiger partial charge in [0, 0.05) is 19.7 Å². The SMILES string of the molecule is C=CCc1cc(CN=C2C(C#N)C(=O)N(C)C(=O)N2C)cc(OC)c1OC. The van der Waals surface area contributed by atoms with E-state index in [4.69, 9.17) is 9.47 Å². The van der Waals surface area contributed by atoms with Crippen molar-refractivity contribution in [3.63, 3.8) is 0 Å². The van der Waals surface area contributed by atoms with Gasteiger partial charge in [-0.2, -0.15) is 5.26 Å². The average Bonchev–Trinajstić information content (AvgIpc) is 2.67. The minimum atomic E-state index is -1.12. The normalized spacial score (nSPS) is 18.5. The molecule has 1 aromatic carbocycles. The maximum atomic E-state index is 12.2. The topological polar surface area (TPSA) is 95.2 Å². The van der Waals surface area contributed by atoms with Crippen molar-refractivity contribution < 1.29 is 19.1 Å². The van der Waals surface area contributed by atoms with E-state index < -0.39 is 17.9 Å². The third-order valence-electron chi connectivity index (χ3n) is 4.29. The highest BCUT2D eigenvalue weighted by atomic mass is 16.5. The number of benzene rings is 1. The summed E-state index contributed by atoms with van der Waals surface area (Å²) >= 11 is 0. The molecule has 2 rings (SSSR count). The van der Waals surface area contributed by atoms with E-state index in [0.717, 1.165) is 16.0 Å². The largest absolute Gasteiger partial charge is 0.493 e. The number of rotatable bonds is 6. The van der Waals surface area contributed by atoms with Gasteiger partial charge in [-0.1, -0.05) is 6.08 Å². The lowest BCUT2D eigenvalue weighted by Crippen LogP contribution is -2.56. The predicted molar refractivity (Wildman–Crippen MR) is 99.6 cm³/mol. The summed E-state index contributed by atoms with van der Waals surface area (Å²) in [5, 5.41) is 9.35. The molecule has 0 saturated carbocycles. The lowest BCUT2D eigenvalue weighted by atomic mass is 10.0. The van der Waals surface area contributed by atoms with Crippen molar-refractivity contribution in [2.45, 2.75) is 13.0 Å². The van der Waals surface area contributed by atoms with Gasteiger partial charge in [-0.15, -0.1) is 6.58 Å². The molecule has 8 nitrogen and oxygen atoms in total. The summed E-state index contributed by atoms with van der Waals surface area (Å²) in [6.45, 7) is 3.92. The summed E-state index contributed by atoms with van der Waals surface area (Å²) in [6, 6.07) is 5.07. The minimum absolute atomic E-state index is 0.130. The smallest absolute Gasteiger partial charge is 0.331 e. The molecule has 1 saturated heterocycles. The Morgan fingerprint density at radius 2 is 1.96 bits per heavy atom. The predicted octanol–water partition coefficient (Wildman–Crippen LogP) is 1.99. The second-order valence-electron chi connectivity index (χ2n) is 5.96. The van der Waals surface area contributed by atoms with E-state index in [1.54, 1.807) is 26.4 Å². The number of aliphatic imine (C=N–C) groups is 1. The number of carbonyl (C=O) groups is 2. The van der Waals surface area contributed by atoms with E-state index in [1.807, 2.05) is 12.1 Å². The van der Waals surface area contributed by atoms with E-state index in [2.05, 4.69) is 11.6 Å². The van der Waals surface area contributed by atoms with Gasteiger partial charge in [0.1, 0.15) is 5.84 Å². The summed E-state index contributed by atoms with van der Waals surface area (Å²) in [4.78, 5) is 30.8. The molecule has 1 aromatic rings. The van der Waals surface area contributed by atoms with Crippen molar-refractivity contribution in [3.05, 3.63) is 35.9 Å². The second kappa shape index (κ2) is 8.36. The van der Waals surface area contributed by atoms with Crippen molar-refractivity contribution in [3.8, 4) is 17.6 Å². The summed E-state index contributed by atoms with van der Waals surface area (Å²) in [7, 11) is 5.94. The number of nitriles is 1. The molecule has 0 aromatic heterocycles. The quantitative estimate of drug-likeness (QED) is 0.714. The van der Waals surface area contributed by atoms with Crippen LogP contribution in [0.5, 0.6) is 11.5 Å². The van der Waals surface area contributed by atoms with Crippen LogP contribution in [0.4, 0.5) is 4.79 Å². The number of hydrogen-bond donors (Lipinski definition) is 0. The summed E-state index contributed by atoms with van der Waals surface area (Å²) < 4.78 is 10.8. The third-order valence-corrected chi connectivity index (χ3v) is 4.29. The number of ether oxygens (including phenoxy) is 2. The molecule has 8 heteroatoms. The molecule has 1 unspecified atom stereocenters. The van der Waals surface area contributed by atoms with E-state index in [0.29, 0.717) is 17.9 Å². The van der Waals surface area contributed by atoms with Crippen molar-refractivity contribution in [1.82, 2.24) is 9.80 Å². The first kappa shape index (κ1) is 20.0. The highest BCUT2D eigenvalue weighted by Crippen LogP contribution is 2.33. The molecule has 0 N–H and O–H groups in total. The molecule has 0 bridgehead atoms. The van der Waals surface area contributed by atoms with Crippen molar-refractivity contribution in [2.75, 3.05) is 28.3 Å². The molecule has 1 aliphatic rings. The van der Waals surface area contributed by atoms with E-state index >= 15 is 0 Å². The lowest BCUT2D eigenvalue weighted by molar-refractivity contribution is -0.129. The zero-order valence-electron chi connectivity index (χ0n) is 15.9. The number of imide groups is 1. The Kier molecular flexibility index (Phi) is 6.19. The van der Waals surface area contributed by atoms with Crippen LogP contribution in [0.25, 0.3) is 0 Å². The van der Waals surface area contributed by atoms with Gasteiger partial charge in [0.15, 0.2) is 17.4 Å². The molecule has 0 radical (unpaired) electrons. The van der Waals surface area contributed by atoms with Crippen LogP contribution in [-0.2, 0) is 17.8 Å². The molecule has 27 heavy (non-hydrogen) atoms. The first-order valence-electron chi connectivity index (χ1n) is 8.23. The zero-order valence-corrected chi connectivity index (χ0v) is 15.9. The summed E-state index contributed by atoms with van der Waals surface area (Å²) in [5.74, 6) is -0.409. The van der Waals surface area contributed by atoms with Crippen LogP contribution in [-0.4, -0.2) is 55.9 Å². The van der Waals surface area contributed by atoms with Gasteiger partial charge in [-0.05, 0) is 24.1 Å². The van der Waals surface area contributed by atoms with Crippen LogP contribution >= 0.6 is 0 Å². The molecule has 0 aliphatic carbocycles. The molecular formula is C19H22N4O4. The number of amidine groups is 1. The molecule has 142 valence electrons. The number of hydrogen-bond acceptors (Lipinski definition) is 6. The molecule has 1 aliphatic heterocycles. The van der Waals surface area contributed by atoms with Crippen molar-refractivity contribution in [1.29, 1.82) is 5.26 Å². The lowest BCUT2D eigenvalue weighted by Gasteiger charge is -2.32. The molecule has 0 spiro atoms. The standard InChI is InChI=1S/C19H22N4O4/c1-6-7-13-8-12(9-15(26-4)16(13)27-5)11-21-17-14(10-20)18(24)23(3)19(25)22(17)2/h6,8-9,14H,1,7,11H2,2-5H3. The fourth-order valence-corrected chi connectivity index (χ4v) is 2.90. The van der Waals surface area contributed by atoms with Gasteiger partial charge >= 0.3 is 6.03 Å². The van der Waals surface area contributed by atoms with E-state index in [1.165, 1.54) is 19.0 Å². The molecule has 1 heterocycles. The number of allylic oxidation sites excluding steroid dienone is 1. The monoisotopic (exact) mass is 370 g/mol. The third kappa shape index (κ3) is 3.77. The second-order valence-corrected chi connectivity index (χ2v) is 5.96. The number of methoxy groups -OCH3 is 2. The summed E-state index contributed by atoms with van der Waals surface area (Å²) in [5.41, 5.74) is 1.67. The number of urea groups is 1. The summed E-state index contributed by atoms with van der Waals surface area (Å²) in [6.07, 6.45) is 2.33. The first-order chi connectivity index (χ1) is 12.9. The Bertz CT molecular complexity index is 841. The highest BCUT2D eigenvalue weighted by Gasteiger charge is 2.40. The maximum Gasteiger partial charge on any atom is 0.331 e. The van der Waals surface area contributed by atoms with Gasteiger partial charge < -0.3 is 9.47 Å². The minimum Gasteiger partial charge on any atom is -0.493 e. The maximum absolute atomic E-state index is 12.2. The number of nitrogens with zero attached hydrogens (tertiary/aromatic N) is 4. The first-order valence-corrected chi connectivity index (χ1v) is 8.23. The van der Waals surface area contributed by atoms with Crippen molar-refractivity contribution in [2.24, 2.45) is 10.9 Å². The van der Waals surface area contributed by atoms with Crippen LogP contribution in [0.2, 0.25) is 0 Å². The number of amides is 3. The molecule has 1 fully saturated rings. The van der Waals surface area contributed by atoms with E-state index in [9.17, 15) is 14.9 Å². The van der Waals surface area contributed by atoms with Crippen LogP contribution in [0.3, 0.4) is 0 Å². The Balaban J connectivity index is 2.42. The Hall–Kier alpha value is -3.34. The van der Waals surface area contributed by atoms with Gasteiger partial charge in [-0.25, -0.2) is 4.79 Å². The van der Waals surface area contributed by atoms with Crippen molar-refractivity contribution >= 4 is 17.8 Å². The van der Waals surface area contributed by atoms with Crippen LogP contribution in [0.15, 0.2) is 29.8 Å². The fraction of sp³-hybridized carbons (Fsp3) is 0.368. The Morgan fingerprint density at radius 1 is 1.26 bits per heavy atom. The van der Waals surface area contributed by atoms with Crippen LogP contribution in [0, 0.1) is 17.2 Å². The Labute approximate surface area is 158 Å². The number of carbonyl (C=O) groups excluding carboxylic acids is 2. The van der Waals surface area contributed by atoms with Crippen LogP contribution < -0.4 is 9.47 Å². The van der Waals surface area contributed by atoms with E-state index in [-0.39, 0.29) is 12.4 Å². The Morgan fingerprint density at radius 3 is 2.52 bits per heavy atom. The zero-order chi connectivity index (χ0) is 20.1. The molecular weight excluding hydrogens is 348 g/mol. The van der Waals surface area contributed by atoms with Gasteiger partial charge in [0.05, 0.1) is 26.8 Å². The highest BCUT2D eigenvalue weighted by molar-refractivity contribution is 6.19. The van der Waals surface area contributed by atoms with Crippen LogP contribution in [0.1, 0.15) is 11.1 Å².